The van der Waals surface area contributed by atoms with E-state index in [1.165, 1.54) is 25.7 Å². The average molecular weight is 388 g/mol. The largest absolute Gasteiger partial charge is 0.370 e. The zero-order valence-electron chi connectivity index (χ0n) is 13.9. The minimum Gasteiger partial charge on any atom is -0.370 e. The van der Waals surface area contributed by atoms with Crippen molar-refractivity contribution in [1.29, 1.82) is 0 Å². The molecule has 0 aliphatic carbocycles. The van der Waals surface area contributed by atoms with Crippen molar-refractivity contribution in [2.45, 2.75) is 32.6 Å². The second kappa shape index (κ2) is 7.79. The highest BCUT2D eigenvalue weighted by atomic mass is 79.9. The molecule has 1 aromatic carbocycles. The monoisotopic (exact) mass is 387 g/mol. The van der Waals surface area contributed by atoms with Gasteiger partial charge in [0.25, 0.3) is 5.91 Å². The van der Waals surface area contributed by atoms with Crippen molar-refractivity contribution in [3.63, 3.8) is 0 Å². The van der Waals surface area contributed by atoms with Crippen LogP contribution in [0.4, 0.5) is 11.4 Å². The summed E-state index contributed by atoms with van der Waals surface area (Å²) in [6, 6.07) is 9.60. The number of aromatic nitrogens is 1. The lowest BCUT2D eigenvalue weighted by atomic mass is 10.2. The molecule has 126 valence electrons. The predicted molar refractivity (Wildman–Crippen MR) is 102 cm³/mol. The minimum absolute atomic E-state index is 0.178. The van der Waals surface area contributed by atoms with Crippen LogP contribution in [0.3, 0.4) is 0 Å². The van der Waals surface area contributed by atoms with Gasteiger partial charge in [-0.25, -0.2) is 4.98 Å². The molecule has 1 amide bonds. The number of benzene rings is 1. The van der Waals surface area contributed by atoms with Crippen LogP contribution in [0.2, 0.25) is 0 Å². The number of carbonyl (C=O) groups excluding carboxylic acids is 1. The molecule has 5 heteroatoms. The molecule has 2 aromatic rings. The fourth-order valence-electron chi connectivity index (χ4n) is 2.99. The summed E-state index contributed by atoms with van der Waals surface area (Å²) in [7, 11) is 0. The number of carbonyl (C=O) groups is 1. The fraction of sp³-hybridized carbons (Fsp3) is 0.368. The maximum atomic E-state index is 12.4. The topological polar surface area (TPSA) is 45.2 Å². The van der Waals surface area contributed by atoms with Crippen LogP contribution in [0.25, 0.3) is 0 Å². The number of pyridine rings is 1. The molecule has 0 atom stereocenters. The Bertz CT molecular complexity index is 707. The fourth-order valence-corrected chi connectivity index (χ4v) is 3.47. The van der Waals surface area contributed by atoms with E-state index < -0.39 is 0 Å². The summed E-state index contributed by atoms with van der Waals surface area (Å²) >= 11 is 3.43. The van der Waals surface area contributed by atoms with Crippen molar-refractivity contribution in [2.24, 2.45) is 0 Å². The molecule has 1 saturated heterocycles. The van der Waals surface area contributed by atoms with Crippen LogP contribution in [0.1, 0.15) is 41.7 Å². The number of hydrogen-bond donors (Lipinski definition) is 1. The van der Waals surface area contributed by atoms with Crippen LogP contribution < -0.4 is 10.2 Å². The molecule has 24 heavy (non-hydrogen) atoms. The molecule has 1 fully saturated rings. The number of hydrogen-bond acceptors (Lipinski definition) is 3. The Balaban J connectivity index is 1.69. The van der Waals surface area contributed by atoms with E-state index in [4.69, 9.17) is 0 Å². The zero-order chi connectivity index (χ0) is 16.9. The molecular formula is C19H22BrN3O. The number of amides is 1. The van der Waals surface area contributed by atoms with Gasteiger partial charge in [-0.2, -0.15) is 0 Å². The molecule has 0 saturated carbocycles. The molecule has 1 aromatic heterocycles. The third-order valence-corrected chi connectivity index (χ3v) is 4.88. The summed E-state index contributed by atoms with van der Waals surface area (Å²) in [5, 5.41) is 2.93. The van der Waals surface area contributed by atoms with Crippen molar-refractivity contribution < 1.29 is 4.79 Å². The molecule has 0 bridgehead atoms. The first-order valence-corrected chi connectivity index (χ1v) is 9.21. The van der Waals surface area contributed by atoms with E-state index in [0.29, 0.717) is 5.69 Å². The van der Waals surface area contributed by atoms with E-state index in [0.717, 1.165) is 34.5 Å². The maximum absolute atomic E-state index is 12.4. The molecular weight excluding hydrogens is 366 g/mol. The Kier molecular flexibility index (Phi) is 5.51. The smallest absolute Gasteiger partial charge is 0.274 e. The number of nitrogens with one attached hydrogen (secondary N) is 1. The Morgan fingerprint density at radius 2 is 1.88 bits per heavy atom. The Hall–Kier alpha value is -1.88. The third-order valence-electron chi connectivity index (χ3n) is 4.39. The minimum atomic E-state index is -0.178. The van der Waals surface area contributed by atoms with Gasteiger partial charge in [-0.05, 0) is 55.7 Å². The first-order chi connectivity index (χ1) is 11.6. The molecule has 3 rings (SSSR count). The summed E-state index contributed by atoms with van der Waals surface area (Å²) in [6.45, 7) is 4.12. The van der Waals surface area contributed by atoms with Gasteiger partial charge in [-0.15, -0.1) is 0 Å². The van der Waals surface area contributed by atoms with Gasteiger partial charge >= 0.3 is 0 Å². The van der Waals surface area contributed by atoms with E-state index in [-0.39, 0.29) is 5.91 Å². The molecule has 0 unspecified atom stereocenters. The molecule has 4 nitrogen and oxygen atoms in total. The third kappa shape index (κ3) is 4.15. The Morgan fingerprint density at radius 3 is 2.50 bits per heavy atom. The molecule has 1 N–H and O–H groups in total. The van der Waals surface area contributed by atoms with Gasteiger partial charge < -0.3 is 10.2 Å². The lowest BCUT2D eigenvalue weighted by molar-refractivity contribution is 0.102. The van der Waals surface area contributed by atoms with Gasteiger partial charge in [0, 0.05) is 23.2 Å². The lowest BCUT2D eigenvalue weighted by Crippen LogP contribution is -2.24. The van der Waals surface area contributed by atoms with Gasteiger partial charge in [0.2, 0.25) is 0 Å². The molecule has 1 aliphatic heterocycles. The molecule has 2 heterocycles. The molecule has 1 aliphatic rings. The van der Waals surface area contributed by atoms with Gasteiger partial charge in [-0.1, -0.05) is 28.8 Å². The number of aryl methyl sites for hydroxylation is 1. The van der Waals surface area contributed by atoms with Crippen LogP contribution >= 0.6 is 15.9 Å². The van der Waals surface area contributed by atoms with E-state index >= 15 is 0 Å². The van der Waals surface area contributed by atoms with Gasteiger partial charge in [-0.3, -0.25) is 4.79 Å². The first kappa shape index (κ1) is 17.0. The predicted octanol–water partition coefficient (Wildman–Crippen LogP) is 4.79. The Morgan fingerprint density at radius 1 is 1.12 bits per heavy atom. The summed E-state index contributed by atoms with van der Waals surface area (Å²) in [4.78, 5) is 19.1. The van der Waals surface area contributed by atoms with Crippen molar-refractivity contribution in [2.75, 3.05) is 23.3 Å². The van der Waals surface area contributed by atoms with Crippen LogP contribution in [0.15, 0.2) is 41.0 Å². The van der Waals surface area contributed by atoms with Crippen molar-refractivity contribution in [1.82, 2.24) is 4.98 Å². The van der Waals surface area contributed by atoms with E-state index in [1.807, 2.05) is 43.5 Å². The second-order valence-corrected chi connectivity index (χ2v) is 7.13. The van der Waals surface area contributed by atoms with Crippen LogP contribution in [-0.2, 0) is 0 Å². The van der Waals surface area contributed by atoms with Crippen LogP contribution in [-0.4, -0.2) is 24.0 Å². The Labute approximate surface area is 151 Å². The number of rotatable bonds is 3. The highest BCUT2D eigenvalue weighted by molar-refractivity contribution is 9.10. The number of halogens is 1. The summed E-state index contributed by atoms with van der Waals surface area (Å²) < 4.78 is 0.998. The maximum Gasteiger partial charge on any atom is 0.274 e. The summed E-state index contributed by atoms with van der Waals surface area (Å²) in [5.74, 6) is -0.178. The second-order valence-electron chi connectivity index (χ2n) is 6.22. The zero-order valence-corrected chi connectivity index (χ0v) is 15.5. The van der Waals surface area contributed by atoms with E-state index in [2.05, 4.69) is 31.1 Å². The summed E-state index contributed by atoms with van der Waals surface area (Å²) in [6.07, 6.45) is 6.87. The summed E-state index contributed by atoms with van der Waals surface area (Å²) in [5.41, 5.74) is 3.37. The van der Waals surface area contributed by atoms with Crippen molar-refractivity contribution in [3.8, 4) is 0 Å². The van der Waals surface area contributed by atoms with Gasteiger partial charge in [0.15, 0.2) is 0 Å². The van der Waals surface area contributed by atoms with Gasteiger partial charge in [0.1, 0.15) is 5.69 Å². The van der Waals surface area contributed by atoms with Crippen LogP contribution in [0, 0.1) is 6.92 Å². The lowest BCUT2D eigenvalue weighted by Gasteiger charge is -2.22. The highest BCUT2D eigenvalue weighted by Gasteiger charge is 2.13. The number of anilines is 2. The average Bonchev–Trinajstić information content (AvgIpc) is 2.87. The van der Waals surface area contributed by atoms with E-state index in [1.54, 1.807) is 0 Å². The quantitative estimate of drug-likeness (QED) is 0.823. The van der Waals surface area contributed by atoms with Crippen molar-refractivity contribution >= 4 is 33.2 Å². The molecule has 0 spiro atoms. The SMILES string of the molecule is Cc1cc(Br)ccc1NC(=O)c1ccc(N2CCCCCC2)cn1. The normalized spacial score (nSPS) is 15.0. The van der Waals surface area contributed by atoms with E-state index in [9.17, 15) is 4.79 Å². The molecule has 0 radical (unpaired) electrons. The van der Waals surface area contributed by atoms with Crippen LogP contribution in [0.5, 0.6) is 0 Å². The first-order valence-electron chi connectivity index (χ1n) is 8.42. The van der Waals surface area contributed by atoms with Crippen molar-refractivity contribution in [3.05, 3.63) is 52.3 Å². The number of nitrogens with zero attached hydrogens (tertiary/aromatic N) is 2. The highest BCUT2D eigenvalue weighted by Crippen LogP contribution is 2.22. The standard InChI is InChI=1S/C19H22BrN3O/c1-14-12-15(20)6-8-17(14)22-19(24)18-9-7-16(13-21-18)23-10-4-2-3-5-11-23/h6-9,12-13H,2-5,10-11H2,1H3,(H,22,24). The van der Waals surface area contributed by atoms with Gasteiger partial charge in [0.05, 0.1) is 11.9 Å².